The van der Waals surface area contributed by atoms with E-state index in [1.165, 1.54) is 55.1 Å². The average Bonchev–Trinajstić information content (AvgIpc) is 3.08. The summed E-state index contributed by atoms with van der Waals surface area (Å²) in [5.41, 5.74) is 3.04. The summed E-state index contributed by atoms with van der Waals surface area (Å²) in [6, 6.07) is 4.48. The van der Waals surface area contributed by atoms with E-state index in [1.54, 1.807) is 11.3 Å². The average molecular weight is 278 g/mol. The predicted molar refractivity (Wildman–Crippen MR) is 79.4 cm³/mol. The van der Waals surface area contributed by atoms with Crippen LogP contribution in [0, 0.1) is 0 Å². The van der Waals surface area contributed by atoms with Crippen LogP contribution in [-0.4, -0.2) is 29.5 Å². The quantitative estimate of drug-likeness (QED) is 0.843. The second-order valence-electron chi connectivity index (χ2n) is 4.79. The van der Waals surface area contributed by atoms with E-state index in [1.807, 2.05) is 16.8 Å². The van der Waals surface area contributed by atoms with Gasteiger partial charge in [-0.3, -0.25) is 0 Å². The number of nitrogens with zero attached hydrogens (tertiary/aromatic N) is 2. The van der Waals surface area contributed by atoms with Crippen LogP contribution in [0.5, 0.6) is 0 Å². The van der Waals surface area contributed by atoms with Crippen molar-refractivity contribution in [3.63, 3.8) is 0 Å². The molecule has 1 aliphatic rings. The molecular formula is C14H18N2S2. The molecule has 3 rings (SSSR count). The highest BCUT2D eigenvalue weighted by Gasteiger charge is 2.10. The third-order valence-corrected chi connectivity index (χ3v) is 5.22. The number of piperidine rings is 1. The molecule has 0 saturated carbocycles. The Morgan fingerprint density at radius 2 is 2.06 bits per heavy atom. The molecule has 0 bridgehead atoms. The molecule has 2 aromatic heterocycles. The number of hydrogen-bond donors (Lipinski definition) is 0. The van der Waals surface area contributed by atoms with Gasteiger partial charge in [0.2, 0.25) is 0 Å². The Morgan fingerprint density at radius 3 is 2.83 bits per heavy atom. The normalized spacial score (nSPS) is 17.1. The minimum atomic E-state index is 1.13. The largest absolute Gasteiger partial charge is 0.303 e. The Bertz CT molecular complexity index is 470. The molecule has 0 radical (unpaired) electrons. The highest BCUT2D eigenvalue weighted by Crippen LogP contribution is 2.28. The van der Waals surface area contributed by atoms with Gasteiger partial charge in [-0.15, -0.1) is 22.7 Å². The number of hydrogen-bond acceptors (Lipinski definition) is 4. The van der Waals surface area contributed by atoms with Gasteiger partial charge in [-0.05, 0) is 44.5 Å². The third-order valence-electron chi connectivity index (χ3n) is 3.47. The van der Waals surface area contributed by atoms with Gasteiger partial charge < -0.3 is 4.90 Å². The maximum absolute atomic E-state index is 4.37. The Hall–Kier alpha value is -0.710. The Morgan fingerprint density at radius 1 is 1.17 bits per heavy atom. The molecule has 3 heterocycles. The summed E-state index contributed by atoms with van der Waals surface area (Å²) in [6.45, 7) is 3.81. The van der Waals surface area contributed by atoms with Crippen molar-refractivity contribution in [1.82, 2.24) is 9.88 Å². The summed E-state index contributed by atoms with van der Waals surface area (Å²) in [4.78, 5) is 9.77. The number of aromatic nitrogens is 1. The van der Waals surface area contributed by atoms with E-state index in [2.05, 4.69) is 27.4 Å². The topological polar surface area (TPSA) is 16.1 Å². The van der Waals surface area contributed by atoms with Gasteiger partial charge in [-0.25, -0.2) is 4.98 Å². The fourth-order valence-corrected chi connectivity index (χ4v) is 4.03. The maximum atomic E-state index is 4.37. The minimum Gasteiger partial charge on any atom is -0.303 e. The van der Waals surface area contributed by atoms with Gasteiger partial charge in [0.05, 0.1) is 16.1 Å². The lowest BCUT2D eigenvalue weighted by Gasteiger charge is -2.25. The van der Waals surface area contributed by atoms with Crippen molar-refractivity contribution in [1.29, 1.82) is 0 Å². The second-order valence-corrected chi connectivity index (χ2v) is 6.68. The second kappa shape index (κ2) is 5.95. The molecule has 0 aliphatic carbocycles. The van der Waals surface area contributed by atoms with E-state index in [0.717, 1.165) is 5.69 Å². The van der Waals surface area contributed by atoms with Crippen molar-refractivity contribution < 1.29 is 0 Å². The van der Waals surface area contributed by atoms with Gasteiger partial charge >= 0.3 is 0 Å². The van der Waals surface area contributed by atoms with Crippen LogP contribution in [0.2, 0.25) is 0 Å². The van der Waals surface area contributed by atoms with Crippen LogP contribution in [0.3, 0.4) is 0 Å². The molecular weight excluding hydrogens is 260 g/mol. The minimum absolute atomic E-state index is 1.13. The molecule has 0 spiro atoms. The lowest BCUT2D eigenvalue weighted by Crippen LogP contribution is -2.31. The molecule has 2 nitrogen and oxygen atoms in total. The van der Waals surface area contributed by atoms with Crippen LogP contribution in [0.25, 0.3) is 10.6 Å². The van der Waals surface area contributed by atoms with Crippen LogP contribution in [0.1, 0.15) is 24.1 Å². The molecule has 0 N–H and O–H groups in total. The summed E-state index contributed by atoms with van der Waals surface area (Å²) in [5.74, 6) is 0. The van der Waals surface area contributed by atoms with Gasteiger partial charge in [0.15, 0.2) is 0 Å². The first-order valence-electron chi connectivity index (χ1n) is 6.61. The molecule has 0 unspecified atom stereocenters. The van der Waals surface area contributed by atoms with Crippen LogP contribution < -0.4 is 0 Å². The van der Waals surface area contributed by atoms with E-state index in [9.17, 15) is 0 Å². The highest BCUT2D eigenvalue weighted by atomic mass is 32.1. The molecule has 2 aromatic rings. The Labute approximate surface area is 116 Å². The first-order chi connectivity index (χ1) is 8.92. The zero-order valence-electron chi connectivity index (χ0n) is 10.5. The summed E-state index contributed by atoms with van der Waals surface area (Å²) < 4.78 is 0. The molecule has 1 saturated heterocycles. The van der Waals surface area contributed by atoms with Gasteiger partial charge in [0, 0.05) is 16.8 Å². The summed E-state index contributed by atoms with van der Waals surface area (Å²) >= 11 is 3.56. The summed E-state index contributed by atoms with van der Waals surface area (Å²) in [6.07, 6.45) is 5.38. The van der Waals surface area contributed by atoms with Crippen LogP contribution >= 0.6 is 22.7 Å². The number of likely N-dealkylation sites (tertiary alicyclic amines) is 1. The van der Waals surface area contributed by atoms with E-state index in [-0.39, 0.29) is 0 Å². The van der Waals surface area contributed by atoms with Gasteiger partial charge in [-0.2, -0.15) is 0 Å². The number of rotatable bonds is 4. The molecule has 1 fully saturated rings. The SMILES string of the molecule is c1nc(-c2ccc(CCN3CCCCC3)s2)cs1. The lowest BCUT2D eigenvalue weighted by molar-refractivity contribution is 0.232. The van der Waals surface area contributed by atoms with Crippen molar-refractivity contribution in [3.05, 3.63) is 27.9 Å². The Kier molecular flexibility index (Phi) is 4.08. The van der Waals surface area contributed by atoms with Crippen molar-refractivity contribution in [2.24, 2.45) is 0 Å². The van der Waals surface area contributed by atoms with Crippen molar-refractivity contribution >= 4 is 22.7 Å². The fraction of sp³-hybridized carbons (Fsp3) is 0.500. The predicted octanol–water partition coefficient (Wildman–Crippen LogP) is 3.90. The standard InChI is InChI=1S/C14H18N2S2/c1-2-7-16(8-3-1)9-6-12-4-5-14(18-12)13-10-17-11-15-13/h4-5,10-11H,1-3,6-9H2. The van der Waals surface area contributed by atoms with Crippen molar-refractivity contribution in [2.75, 3.05) is 19.6 Å². The van der Waals surface area contributed by atoms with Crippen molar-refractivity contribution in [3.8, 4) is 10.6 Å². The van der Waals surface area contributed by atoms with E-state index >= 15 is 0 Å². The molecule has 18 heavy (non-hydrogen) atoms. The monoisotopic (exact) mass is 278 g/mol. The van der Waals surface area contributed by atoms with Crippen LogP contribution in [-0.2, 0) is 6.42 Å². The molecule has 0 amide bonds. The van der Waals surface area contributed by atoms with Gasteiger partial charge in [0.1, 0.15) is 0 Å². The lowest BCUT2D eigenvalue weighted by atomic mass is 10.1. The van der Waals surface area contributed by atoms with E-state index in [0.29, 0.717) is 0 Å². The van der Waals surface area contributed by atoms with E-state index in [4.69, 9.17) is 0 Å². The molecule has 4 heteroatoms. The molecule has 0 atom stereocenters. The van der Waals surface area contributed by atoms with Gasteiger partial charge in [0.25, 0.3) is 0 Å². The van der Waals surface area contributed by atoms with Crippen molar-refractivity contribution in [2.45, 2.75) is 25.7 Å². The molecule has 1 aliphatic heterocycles. The van der Waals surface area contributed by atoms with E-state index < -0.39 is 0 Å². The first-order valence-corrected chi connectivity index (χ1v) is 8.37. The number of thiazole rings is 1. The highest BCUT2D eigenvalue weighted by molar-refractivity contribution is 7.16. The summed E-state index contributed by atoms with van der Waals surface area (Å²) in [5, 5.41) is 2.13. The third kappa shape index (κ3) is 2.99. The smallest absolute Gasteiger partial charge is 0.0910 e. The van der Waals surface area contributed by atoms with Crippen LogP contribution in [0.4, 0.5) is 0 Å². The fourth-order valence-electron chi connectivity index (χ4n) is 2.44. The zero-order valence-corrected chi connectivity index (χ0v) is 12.1. The molecule has 96 valence electrons. The van der Waals surface area contributed by atoms with Crippen LogP contribution in [0.15, 0.2) is 23.0 Å². The first kappa shape index (κ1) is 12.3. The van der Waals surface area contributed by atoms with Gasteiger partial charge in [-0.1, -0.05) is 6.42 Å². The molecule has 0 aromatic carbocycles. The zero-order chi connectivity index (χ0) is 12.2. The maximum Gasteiger partial charge on any atom is 0.0910 e. The summed E-state index contributed by atoms with van der Waals surface area (Å²) in [7, 11) is 0. The number of thiophene rings is 1. The Balaban J connectivity index is 1.57.